The lowest BCUT2D eigenvalue weighted by atomic mass is 10.1. The van der Waals surface area contributed by atoms with E-state index < -0.39 is 0 Å². The molecule has 0 bridgehead atoms. The van der Waals surface area contributed by atoms with Gasteiger partial charge in [-0.1, -0.05) is 54.6 Å². The SMILES string of the molecule is Cc1c(C)n(Cc2ccc(Cn3ccc(=O)c(OCc4ccccc4)c3C)cc2)ccc1=O. The topological polar surface area (TPSA) is 53.2 Å². The molecule has 4 rings (SSSR count). The first-order valence-corrected chi connectivity index (χ1v) is 11.0. The normalized spacial score (nSPS) is 10.9. The molecule has 2 aromatic carbocycles. The number of nitrogens with zero attached hydrogens (tertiary/aromatic N) is 2. The highest BCUT2D eigenvalue weighted by molar-refractivity contribution is 5.30. The van der Waals surface area contributed by atoms with Crippen LogP contribution in [0.2, 0.25) is 0 Å². The minimum Gasteiger partial charge on any atom is -0.483 e. The third-order valence-electron chi connectivity index (χ3n) is 6.09. The van der Waals surface area contributed by atoms with Crippen molar-refractivity contribution in [2.75, 3.05) is 0 Å². The standard InChI is InChI=1S/C28H28N2O3/c1-20-21(2)29(15-13-26(20)31)17-23-9-11-24(12-10-23)18-30-16-14-27(32)28(22(30)3)33-19-25-7-5-4-6-8-25/h4-16H,17-19H2,1-3H3. The van der Waals surface area contributed by atoms with E-state index in [0.29, 0.717) is 25.4 Å². The fourth-order valence-corrected chi connectivity index (χ4v) is 3.83. The zero-order chi connectivity index (χ0) is 23.4. The van der Waals surface area contributed by atoms with Gasteiger partial charge in [-0.15, -0.1) is 0 Å². The first-order valence-electron chi connectivity index (χ1n) is 11.0. The third kappa shape index (κ3) is 5.14. The number of aromatic nitrogens is 2. The molecule has 0 saturated carbocycles. The molecule has 0 unspecified atom stereocenters. The molecule has 5 heteroatoms. The Hall–Kier alpha value is -3.86. The van der Waals surface area contributed by atoms with Crippen LogP contribution in [-0.4, -0.2) is 9.13 Å². The van der Waals surface area contributed by atoms with Gasteiger partial charge in [0.25, 0.3) is 0 Å². The maximum Gasteiger partial charge on any atom is 0.223 e. The Morgan fingerprint density at radius 1 is 0.636 bits per heavy atom. The molecular formula is C28H28N2O3. The lowest BCUT2D eigenvalue weighted by Crippen LogP contribution is -2.15. The van der Waals surface area contributed by atoms with E-state index in [1.807, 2.05) is 68.1 Å². The molecule has 4 aromatic rings. The highest BCUT2D eigenvalue weighted by atomic mass is 16.5. The Labute approximate surface area is 193 Å². The van der Waals surface area contributed by atoms with Crippen LogP contribution in [0.25, 0.3) is 0 Å². The van der Waals surface area contributed by atoms with Gasteiger partial charge in [-0.2, -0.15) is 0 Å². The van der Waals surface area contributed by atoms with E-state index in [4.69, 9.17) is 4.74 Å². The largest absolute Gasteiger partial charge is 0.483 e. The number of benzene rings is 2. The molecule has 2 heterocycles. The van der Waals surface area contributed by atoms with E-state index in [2.05, 4.69) is 28.8 Å². The van der Waals surface area contributed by atoms with Gasteiger partial charge < -0.3 is 13.9 Å². The van der Waals surface area contributed by atoms with E-state index in [0.717, 1.165) is 33.6 Å². The summed E-state index contributed by atoms with van der Waals surface area (Å²) in [6.45, 7) is 7.46. The van der Waals surface area contributed by atoms with Gasteiger partial charge in [0, 0.05) is 48.9 Å². The number of hydrogen-bond acceptors (Lipinski definition) is 3. The fourth-order valence-electron chi connectivity index (χ4n) is 3.83. The Balaban J connectivity index is 1.48. The van der Waals surface area contributed by atoms with Crippen molar-refractivity contribution in [1.29, 1.82) is 0 Å². The summed E-state index contributed by atoms with van der Waals surface area (Å²) in [6, 6.07) is 21.4. The molecule has 33 heavy (non-hydrogen) atoms. The predicted octanol–water partition coefficient (Wildman–Crippen LogP) is 4.61. The summed E-state index contributed by atoms with van der Waals surface area (Å²) in [6.07, 6.45) is 3.66. The number of ether oxygens (including phenoxy) is 1. The van der Waals surface area contributed by atoms with Crippen molar-refractivity contribution in [2.45, 2.75) is 40.5 Å². The van der Waals surface area contributed by atoms with Gasteiger partial charge in [0.2, 0.25) is 5.43 Å². The second-order valence-corrected chi connectivity index (χ2v) is 8.33. The van der Waals surface area contributed by atoms with Crippen LogP contribution in [0.3, 0.4) is 0 Å². The van der Waals surface area contributed by atoms with E-state index in [1.54, 1.807) is 12.1 Å². The Kier molecular flexibility index (Phi) is 6.59. The summed E-state index contributed by atoms with van der Waals surface area (Å²) < 4.78 is 10.0. The quantitative estimate of drug-likeness (QED) is 0.422. The van der Waals surface area contributed by atoms with Crippen molar-refractivity contribution in [3.05, 3.63) is 133 Å². The monoisotopic (exact) mass is 440 g/mol. The molecule has 5 nitrogen and oxygen atoms in total. The highest BCUT2D eigenvalue weighted by Crippen LogP contribution is 2.17. The van der Waals surface area contributed by atoms with Gasteiger partial charge in [0.1, 0.15) is 6.61 Å². The summed E-state index contributed by atoms with van der Waals surface area (Å²) in [5.74, 6) is 0.391. The molecule has 0 aliphatic rings. The van der Waals surface area contributed by atoms with Crippen molar-refractivity contribution in [3.8, 4) is 5.75 Å². The van der Waals surface area contributed by atoms with Crippen molar-refractivity contribution >= 4 is 0 Å². The van der Waals surface area contributed by atoms with Gasteiger partial charge in [-0.25, -0.2) is 0 Å². The molecule has 168 valence electrons. The van der Waals surface area contributed by atoms with Crippen molar-refractivity contribution < 1.29 is 4.74 Å². The van der Waals surface area contributed by atoms with Crippen LogP contribution in [0.15, 0.2) is 88.7 Å². The van der Waals surface area contributed by atoms with E-state index in [1.165, 1.54) is 0 Å². The third-order valence-corrected chi connectivity index (χ3v) is 6.09. The number of rotatable bonds is 7. The van der Waals surface area contributed by atoms with E-state index >= 15 is 0 Å². The summed E-state index contributed by atoms with van der Waals surface area (Å²) in [7, 11) is 0. The molecule has 2 aromatic heterocycles. The second kappa shape index (κ2) is 9.74. The Morgan fingerprint density at radius 2 is 1.18 bits per heavy atom. The van der Waals surface area contributed by atoms with Crippen molar-refractivity contribution in [2.24, 2.45) is 0 Å². The molecule has 0 atom stereocenters. The average molecular weight is 441 g/mol. The molecule has 0 saturated heterocycles. The van der Waals surface area contributed by atoms with Gasteiger partial charge in [0.05, 0.1) is 5.69 Å². The summed E-state index contributed by atoms with van der Waals surface area (Å²) >= 11 is 0. The van der Waals surface area contributed by atoms with E-state index in [9.17, 15) is 9.59 Å². The zero-order valence-corrected chi connectivity index (χ0v) is 19.2. The van der Waals surface area contributed by atoms with Crippen molar-refractivity contribution in [1.82, 2.24) is 9.13 Å². The maximum absolute atomic E-state index is 12.4. The van der Waals surface area contributed by atoms with Gasteiger partial charge in [-0.3, -0.25) is 9.59 Å². The van der Waals surface area contributed by atoms with Gasteiger partial charge >= 0.3 is 0 Å². The summed E-state index contributed by atoms with van der Waals surface area (Å²) in [5.41, 5.74) is 5.86. The minimum absolute atomic E-state index is 0.0720. The van der Waals surface area contributed by atoms with Gasteiger partial charge in [-0.05, 0) is 37.5 Å². The van der Waals surface area contributed by atoms with Crippen LogP contribution in [0, 0.1) is 20.8 Å². The molecule has 0 spiro atoms. The lowest BCUT2D eigenvalue weighted by Gasteiger charge is -2.16. The molecule has 0 radical (unpaired) electrons. The average Bonchev–Trinajstić information content (AvgIpc) is 2.83. The van der Waals surface area contributed by atoms with Crippen LogP contribution in [0.4, 0.5) is 0 Å². The summed E-state index contributed by atoms with van der Waals surface area (Å²) in [4.78, 5) is 24.2. The van der Waals surface area contributed by atoms with Crippen LogP contribution in [0.5, 0.6) is 5.75 Å². The Bertz CT molecular complexity index is 1370. The summed E-state index contributed by atoms with van der Waals surface area (Å²) in [5, 5.41) is 0. The number of pyridine rings is 2. The lowest BCUT2D eigenvalue weighted by molar-refractivity contribution is 0.297. The Morgan fingerprint density at radius 3 is 1.79 bits per heavy atom. The molecule has 0 aliphatic carbocycles. The first-order chi connectivity index (χ1) is 15.9. The molecule has 0 N–H and O–H groups in total. The van der Waals surface area contributed by atoms with Crippen LogP contribution >= 0.6 is 0 Å². The van der Waals surface area contributed by atoms with Crippen molar-refractivity contribution in [3.63, 3.8) is 0 Å². The van der Waals surface area contributed by atoms with Crippen LogP contribution in [-0.2, 0) is 19.7 Å². The second-order valence-electron chi connectivity index (χ2n) is 8.33. The minimum atomic E-state index is -0.109. The molecule has 0 amide bonds. The molecule has 0 fully saturated rings. The van der Waals surface area contributed by atoms with E-state index in [-0.39, 0.29) is 10.9 Å². The zero-order valence-electron chi connectivity index (χ0n) is 19.2. The molecule has 0 aliphatic heterocycles. The first kappa shape index (κ1) is 22.3. The smallest absolute Gasteiger partial charge is 0.223 e. The molecular weight excluding hydrogens is 412 g/mol. The van der Waals surface area contributed by atoms with Gasteiger partial charge in [0.15, 0.2) is 11.2 Å². The van der Waals surface area contributed by atoms with Crippen LogP contribution < -0.4 is 15.6 Å². The predicted molar refractivity (Wildman–Crippen MR) is 131 cm³/mol. The number of hydrogen-bond donors (Lipinski definition) is 0. The maximum atomic E-state index is 12.4. The van der Waals surface area contributed by atoms with Crippen LogP contribution in [0.1, 0.15) is 33.6 Å². The fraction of sp³-hybridized carbons (Fsp3) is 0.214. The highest BCUT2D eigenvalue weighted by Gasteiger charge is 2.10.